The lowest BCUT2D eigenvalue weighted by atomic mass is 10.1. The van der Waals surface area contributed by atoms with E-state index in [9.17, 15) is 9.90 Å². The molecule has 0 saturated carbocycles. The summed E-state index contributed by atoms with van der Waals surface area (Å²) >= 11 is 3.35. The van der Waals surface area contributed by atoms with Gasteiger partial charge in [-0.1, -0.05) is 28.1 Å². The topological polar surface area (TPSA) is 58.6 Å². The van der Waals surface area contributed by atoms with Crippen molar-refractivity contribution in [3.8, 4) is 11.5 Å². The molecule has 2 rings (SSSR count). The molecule has 0 aliphatic rings. The van der Waals surface area contributed by atoms with E-state index in [1.54, 1.807) is 43.5 Å². The van der Waals surface area contributed by atoms with Crippen LogP contribution in [0.25, 0.3) is 0 Å². The van der Waals surface area contributed by atoms with E-state index < -0.39 is 0 Å². The molecular formula is C15H14BrNO3. The van der Waals surface area contributed by atoms with Crippen LogP contribution in [0.3, 0.4) is 0 Å². The largest absolute Gasteiger partial charge is 0.508 e. The van der Waals surface area contributed by atoms with Crippen LogP contribution in [0.15, 0.2) is 46.9 Å². The molecule has 5 heteroatoms. The number of amides is 1. The van der Waals surface area contributed by atoms with Gasteiger partial charge in [-0.3, -0.25) is 4.79 Å². The number of hydrogen-bond donors (Lipinski definition) is 2. The van der Waals surface area contributed by atoms with Crippen molar-refractivity contribution < 1.29 is 14.6 Å². The normalized spacial score (nSPS) is 10.1. The highest BCUT2D eigenvalue weighted by Gasteiger charge is 2.09. The third-order valence-corrected chi connectivity index (χ3v) is 3.20. The molecular weight excluding hydrogens is 322 g/mol. The summed E-state index contributed by atoms with van der Waals surface area (Å²) in [4.78, 5) is 12.0. The lowest BCUT2D eigenvalue weighted by molar-refractivity contribution is -0.115. The Morgan fingerprint density at radius 1 is 1.30 bits per heavy atom. The minimum atomic E-state index is -0.174. The lowest BCUT2D eigenvalue weighted by Gasteiger charge is -2.10. The van der Waals surface area contributed by atoms with Crippen molar-refractivity contribution in [2.24, 2.45) is 0 Å². The van der Waals surface area contributed by atoms with Gasteiger partial charge >= 0.3 is 0 Å². The van der Waals surface area contributed by atoms with E-state index in [0.717, 1.165) is 10.0 Å². The molecule has 0 spiro atoms. The van der Waals surface area contributed by atoms with Gasteiger partial charge < -0.3 is 15.2 Å². The predicted octanol–water partition coefficient (Wildman–Crippen LogP) is 3.34. The minimum Gasteiger partial charge on any atom is -0.508 e. The predicted molar refractivity (Wildman–Crippen MR) is 81.1 cm³/mol. The Morgan fingerprint density at radius 3 is 2.80 bits per heavy atom. The van der Waals surface area contributed by atoms with Crippen LogP contribution in [0.5, 0.6) is 11.5 Å². The number of anilines is 1. The highest BCUT2D eigenvalue weighted by atomic mass is 79.9. The molecule has 1 amide bonds. The molecule has 0 aliphatic carbocycles. The van der Waals surface area contributed by atoms with Gasteiger partial charge in [0.2, 0.25) is 5.91 Å². The zero-order chi connectivity index (χ0) is 14.5. The average molecular weight is 336 g/mol. The Kier molecular flexibility index (Phi) is 4.63. The van der Waals surface area contributed by atoms with Crippen LogP contribution in [0.1, 0.15) is 5.56 Å². The number of benzene rings is 2. The van der Waals surface area contributed by atoms with Gasteiger partial charge in [-0.05, 0) is 35.9 Å². The van der Waals surface area contributed by atoms with Gasteiger partial charge in [0.15, 0.2) is 0 Å². The molecule has 104 valence electrons. The summed E-state index contributed by atoms with van der Waals surface area (Å²) in [7, 11) is 1.55. The Balaban J connectivity index is 2.10. The number of carbonyl (C=O) groups is 1. The molecule has 0 unspecified atom stereocenters. The molecule has 2 N–H and O–H groups in total. The van der Waals surface area contributed by atoms with E-state index in [2.05, 4.69) is 21.2 Å². The van der Waals surface area contributed by atoms with Crippen LogP contribution in [0, 0.1) is 0 Å². The third-order valence-electron chi connectivity index (χ3n) is 2.71. The van der Waals surface area contributed by atoms with E-state index in [4.69, 9.17) is 4.74 Å². The summed E-state index contributed by atoms with van der Waals surface area (Å²) in [6, 6.07) is 12.0. The Labute approximate surface area is 125 Å². The molecule has 0 saturated heterocycles. The van der Waals surface area contributed by atoms with Crippen LogP contribution in [0.2, 0.25) is 0 Å². The second-order valence-electron chi connectivity index (χ2n) is 4.24. The smallest absolute Gasteiger partial charge is 0.228 e. The van der Waals surface area contributed by atoms with Crippen molar-refractivity contribution in [1.82, 2.24) is 0 Å². The van der Waals surface area contributed by atoms with Gasteiger partial charge in [-0.2, -0.15) is 0 Å². The molecule has 0 bridgehead atoms. The zero-order valence-corrected chi connectivity index (χ0v) is 12.5. The van der Waals surface area contributed by atoms with Gasteiger partial charge in [0.1, 0.15) is 11.5 Å². The summed E-state index contributed by atoms with van der Waals surface area (Å²) in [5, 5.41) is 12.2. The SMILES string of the molecule is COc1ccc(Br)cc1NC(=O)Cc1cccc(O)c1. The molecule has 2 aromatic carbocycles. The molecule has 20 heavy (non-hydrogen) atoms. The van der Waals surface area contributed by atoms with Crippen LogP contribution in [0.4, 0.5) is 5.69 Å². The maximum absolute atomic E-state index is 12.0. The van der Waals surface area contributed by atoms with Gasteiger partial charge in [0.05, 0.1) is 19.2 Å². The highest BCUT2D eigenvalue weighted by Crippen LogP contribution is 2.28. The number of aromatic hydroxyl groups is 1. The van der Waals surface area contributed by atoms with Crippen LogP contribution in [-0.4, -0.2) is 18.1 Å². The van der Waals surface area contributed by atoms with E-state index in [1.165, 1.54) is 0 Å². The Morgan fingerprint density at radius 2 is 2.10 bits per heavy atom. The van der Waals surface area contributed by atoms with E-state index in [-0.39, 0.29) is 18.1 Å². The summed E-state index contributed by atoms with van der Waals surface area (Å²) in [5.74, 6) is 0.569. The summed E-state index contributed by atoms with van der Waals surface area (Å²) in [5.41, 5.74) is 1.35. The number of rotatable bonds is 4. The summed E-state index contributed by atoms with van der Waals surface area (Å²) < 4.78 is 6.05. The monoisotopic (exact) mass is 335 g/mol. The number of phenols is 1. The Bertz CT molecular complexity index is 628. The van der Waals surface area contributed by atoms with E-state index >= 15 is 0 Å². The quantitative estimate of drug-likeness (QED) is 0.900. The molecule has 0 aromatic heterocycles. The van der Waals surface area contributed by atoms with Crippen molar-refractivity contribution in [2.75, 3.05) is 12.4 Å². The molecule has 0 heterocycles. The second-order valence-corrected chi connectivity index (χ2v) is 5.16. The molecule has 0 aliphatic heterocycles. The molecule has 0 atom stereocenters. The standard InChI is InChI=1S/C15H14BrNO3/c1-20-14-6-5-11(16)9-13(14)17-15(19)8-10-3-2-4-12(18)7-10/h2-7,9,18H,8H2,1H3,(H,17,19). The molecule has 4 nitrogen and oxygen atoms in total. The average Bonchev–Trinajstić information content (AvgIpc) is 2.38. The molecule has 0 fully saturated rings. The van der Waals surface area contributed by atoms with E-state index in [1.807, 2.05) is 6.07 Å². The first-order valence-electron chi connectivity index (χ1n) is 6.00. The van der Waals surface area contributed by atoms with Crippen molar-refractivity contribution >= 4 is 27.5 Å². The fourth-order valence-corrected chi connectivity index (χ4v) is 2.19. The van der Waals surface area contributed by atoms with Crippen LogP contribution < -0.4 is 10.1 Å². The first-order chi connectivity index (χ1) is 9.58. The fourth-order valence-electron chi connectivity index (χ4n) is 1.82. The third kappa shape index (κ3) is 3.74. The van der Waals surface area contributed by atoms with Gasteiger partial charge in [0.25, 0.3) is 0 Å². The molecule has 2 aromatic rings. The van der Waals surface area contributed by atoms with Crippen LogP contribution >= 0.6 is 15.9 Å². The zero-order valence-electron chi connectivity index (χ0n) is 10.9. The lowest BCUT2D eigenvalue weighted by Crippen LogP contribution is -2.15. The van der Waals surface area contributed by atoms with Crippen molar-refractivity contribution in [1.29, 1.82) is 0 Å². The maximum atomic E-state index is 12.0. The number of nitrogens with one attached hydrogen (secondary N) is 1. The van der Waals surface area contributed by atoms with Gasteiger partial charge in [0, 0.05) is 4.47 Å². The number of methoxy groups -OCH3 is 1. The second kappa shape index (κ2) is 6.43. The van der Waals surface area contributed by atoms with E-state index in [0.29, 0.717) is 11.4 Å². The van der Waals surface area contributed by atoms with Crippen molar-refractivity contribution in [2.45, 2.75) is 6.42 Å². The number of phenolic OH excluding ortho intramolecular Hbond substituents is 1. The number of carbonyl (C=O) groups excluding carboxylic acids is 1. The number of hydrogen-bond acceptors (Lipinski definition) is 3. The highest BCUT2D eigenvalue weighted by molar-refractivity contribution is 9.10. The summed E-state index contributed by atoms with van der Waals surface area (Å²) in [6.45, 7) is 0. The van der Waals surface area contributed by atoms with Crippen molar-refractivity contribution in [3.63, 3.8) is 0 Å². The fraction of sp³-hybridized carbons (Fsp3) is 0.133. The number of ether oxygens (including phenoxy) is 1. The minimum absolute atomic E-state index is 0.148. The van der Waals surface area contributed by atoms with Crippen molar-refractivity contribution in [3.05, 3.63) is 52.5 Å². The number of halogens is 1. The van der Waals surface area contributed by atoms with Gasteiger partial charge in [-0.25, -0.2) is 0 Å². The van der Waals surface area contributed by atoms with Crippen LogP contribution in [-0.2, 0) is 11.2 Å². The van der Waals surface area contributed by atoms with Gasteiger partial charge in [-0.15, -0.1) is 0 Å². The summed E-state index contributed by atoms with van der Waals surface area (Å²) in [6.07, 6.45) is 0.185. The maximum Gasteiger partial charge on any atom is 0.228 e. The Hall–Kier alpha value is -2.01. The first kappa shape index (κ1) is 14.4. The first-order valence-corrected chi connectivity index (χ1v) is 6.79. The molecule has 0 radical (unpaired) electrons.